The molecule has 0 aromatic carbocycles. The molecule has 1 aliphatic rings. The molecule has 7 heteroatoms. The molecule has 0 spiro atoms. The van der Waals surface area contributed by atoms with E-state index in [1.165, 1.54) is 6.33 Å². The van der Waals surface area contributed by atoms with E-state index in [4.69, 9.17) is 5.26 Å². The van der Waals surface area contributed by atoms with Gasteiger partial charge in [-0.25, -0.2) is 19.9 Å². The van der Waals surface area contributed by atoms with E-state index in [1.54, 1.807) is 18.6 Å². The number of nitrogens with zero attached hydrogens (tertiary/aromatic N) is 6. The molecule has 1 saturated heterocycles. The topological polar surface area (TPSA) is 90.6 Å². The highest BCUT2D eigenvalue weighted by molar-refractivity contribution is 5.50. The Hall–Kier alpha value is -2.75. The summed E-state index contributed by atoms with van der Waals surface area (Å²) in [4.78, 5) is 18.5. The second kappa shape index (κ2) is 6.13. The van der Waals surface area contributed by atoms with E-state index in [0.29, 0.717) is 17.6 Å². The van der Waals surface area contributed by atoms with Gasteiger partial charge in [-0.1, -0.05) is 0 Å². The van der Waals surface area contributed by atoms with Crippen LogP contribution in [0.3, 0.4) is 0 Å². The van der Waals surface area contributed by atoms with Crippen LogP contribution >= 0.6 is 0 Å². The van der Waals surface area contributed by atoms with Crippen LogP contribution in [-0.2, 0) is 0 Å². The van der Waals surface area contributed by atoms with Crippen LogP contribution in [-0.4, -0.2) is 39.1 Å². The predicted octanol–water partition coefficient (Wildman–Crippen LogP) is 1.22. The second-order valence-corrected chi connectivity index (χ2v) is 4.84. The molecule has 0 radical (unpaired) electrons. The summed E-state index contributed by atoms with van der Waals surface area (Å²) in [5.41, 5.74) is 0.389. The number of hydrogen-bond acceptors (Lipinski definition) is 7. The maximum absolute atomic E-state index is 9.09. The van der Waals surface area contributed by atoms with Crippen LogP contribution < -0.4 is 10.2 Å². The van der Waals surface area contributed by atoms with Gasteiger partial charge in [0.2, 0.25) is 0 Å². The summed E-state index contributed by atoms with van der Waals surface area (Å²) in [5.74, 6) is 1.53. The number of aromatic nitrogens is 4. The van der Waals surface area contributed by atoms with Crippen molar-refractivity contribution < 1.29 is 0 Å². The number of rotatable bonds is 3. The summed E-state index contributed by atoms with van der Waals surface area (Å²) in [6.07, 6.45) is 8.36. The third kappa shape index (κ3) is 3.05. The Kier molecular flexibility index (Phi) is 3.87. The third-order valence-corrected chi connectivity index (χ3v) is 3.51. The van der Waals surface area contributed by atoms with Gasteiger partial charge in [-0.15, -0.1) is 0 Å². The van der Waals surface area contributed by atoms with Crippen LogP contribution in [0.4, 0.5) is 11.6 Å². The minimum Gasteiger partial charge on any atom is -0.367 e. The van der Waals surface area contributed by atoms with E-state index < -0.39 is 0 Å². The van der Waals surface area contributed by atoms with Crippen molar-refractivity contribution in [2.45, 2.75) is 18.9 Å². The predicted molar refractivity (Wildman–Crippen MR) is 77.6 cm³/mol. The van der Waals surface area contributed by atoms with Gasteiger partial charge >= 0.3 is 0 Å². The second-order valence-electron chi connectivity index (χ2n) is 4.84. The van der Waals surface area contributed by atoms with E-state index in [-0.39, 0.29) is 0 Å². The number of anilines is 2. The van der Waals surface area contributed by atoms with Crippen LogP contribution in [0.15, 0.2) is 31.0 Å². The molecule has 106 valence electrons. The molecule has 1 N–H and O–H groups in total. The molecule has 0 amide bonds. The lowest BCUT2D eigenvalue weighted by molar-refractivity contribution is 0.521. The van der Waals surface area contributed by atoms with Gasteiger partial charge in [-0.05, 0) is 18.9 Å². The van der Waals surface area contributed by atoms with Gasteiger partial charge in [-0.2, -0.15) is 5.26 Å². The van der Waals surface area contributed by atoms with Crippen molar-refractivity contribution in [1.29, 1.82) is 5.26 Å². The van der Waals surface area contributed by atoms with E-state index in [1.807, 2.05) is 6.07 Å². The van der Waals surface area contributed by atoms with Gasteiger partial charge in [0, 0.05) is 37.7 Å². The van der Waals surface area contributed by atoms with Crippen molar-refractivity contribution in [3.05, 3.63) is 36.7 Å². The fourth-order valence-electron chi connectivity index (χ4n) is 2.46. The minimum atomic E-state index is 0.373. The van der Waals surface area contributed by atoms with Gasteiger partial charge < -0.3 is 10.2 Å². The molecule has 2 aromatic heterocycles. The first-order chi connectivity index (χ1) is 10.4. The van der Waals surface area contributed by atoms with Gasteiger partial charge in [0.05, 0.1) is 0 Å². The van der Waals surface area contributed by atoms with Crippen LogP contribution in [0.25, 0.3) is 0 Å². The number of nitriles is 1. The molecule has 1 fully saturated rings. The molecule has 0 aliphatic carbocycles. The van der Waals surface area contributed by atoms with Gasteiger partial charge in [0.25, 0.3) is 0 Å². The SMILES string of the molecule is N#Cc1nccnc1N1CCC(Nc2ccncn2)CC1. The fraction of sp³-hybridized carbons (Fsp3) is 0.357. The monoisotopic (exact) mass is 281 g/mol. The Bertz CT molecular complexity index is 629. The molecular formula is C14H15N7. The quantitative estimate of drug-likeness (QED) is 0.904. The van der Waals surface area contributed by atoms with Crippen molar-refractivity contribution >= 4 is 11.6 Å². The molecule has 7 nitrogen and oxygen atoms in total. The maximum Gasteiger partial charge on any atom is 0.183 e. The molecule has 0 bridgehead atoms. The van der Waals surface area contributed by atoms with E-state index in [9.17, 15) is 0 Å². The van der Waals surface area contributed by atoms with Crippen LogP contribution in [0.1, 0.15) is 18.5 Å². The average Bonchev–Trinajstić information content (AvgIpc) is 2.56. The zero-order valence-electron chi connectivity index (χ0n) is 11.5. The first-order valence-electron chi connectivity index (χ1n) is 6.85. The van der Waals surface area contributed by atoms with Gasteiger partial charge in [-0.3, -0.25) is 0 Å². The standard InChI is InChI=1S/C14H15N7/c15-9-12-14(18-6-5-17-12)21-7-2-11(3-8-21)20-13-1-4-16-10-19-13/h1,4-6,10-11H,2-3,7-8H2,(H,16,19,20). The molecule has 0 atom stereocenters. The third-order valence-electron chi connectivity index (χ3n) is 3.51. The zero-order chi connectivity index (χ0) is 14.5. The summed E-state index contributed by atoms with van der Waals surface area (Å²) in [7, 11) is 0. The van der Waals surface area contributed by atoms with Crippen LogP contribution in [0.5, 0.6) is 0 Å². The van der Waals surface area contributed by atoms with Gasteiger partial charge in [0.1, 0.15) is 18.2 Å². The van der Waals surface area contributed by atoms with Crippen molar-refractivity contribution in [2.24, 2.45) is 0 Å². The largest absolute Gasteiger partial charge is 0.367 e. The first kappa shape index (κ1) is 13.2. The van der Waals surface area contributed by atoms with Crippen LogP contribution in [0, 0.1) is 11.3 Å². The fourth-order valence-corrected chi connectivity index (χ4v) is 2.46. The lowest BCUT2D eigenvalue weighted by Gasteiger charge is -2.33. The Morgan fingerprint density at radius 2 is 1.95 bits per heavy atom. The summed E-state index contributed by atoms with van der Waals surface area (Å²) in [5, 5.41) is 12.5. The number of hydrogen-bond donors (Lipinski definition) is 1. The van der Waals surface area contributed by atoms with Crippen molar-refractivity contribution in [1.82, 2.24) is 19.9 Å². The van der Waals surface area contributed by atoms with Gasteiger partial charge in [0.15, 0.2) is 11.5 Å². The number of piperidine rings is 1. The summed E-state index contributed by atoms with van der Waals surface area (Å²) < 4.78 is 0. The molecule has 0 unspecified atom stereocenters. The van der Waals surface area contributed by atoms with Crippen molar-refractivity contribution in [3.8, 4) is 6.07 Å². The molecule has 3 rings (SSSR count). The Balaban J connectivity index is 1.62. The maximum atomic E-state index is 9.09. The molecule has 3 heterocycles. The van der Waals surface area contributed by atoms with Crippen molar-refractivity contribution in [2.75, 3.05) is 23.3 Å². The molecular weight excluding hydrogens is 266 g/mol. The Morgan fingerprint density at radius 3 is 2.67 bits per heavy atom. The Labute approximate surface area is 122 Å². The molecule has 21 heavy (non-hydrogen) atoms. The average molecular weight is 281 g/mol. The molecule has 0 saturated carbocycles. The highest BCUT2D eigenvalue weighted by Crippen LogP contribution is 2.21. The Morgan fingerprint density at radius 1 is 1.14 bits per heavy atom. The lowest BCUT2D eigenvalue weighted by atomic mass is 10.0. The molecule has 2 aromatic rings. The molecule has 1 aliphatic heterocycles. The summed E-state index contributed by atoms with van der Waals surface area (Å²) in [6, 6.07) is 4.33. The normalized spacial score (nSPS) is 15.5. The highest BCUT2D eigenvalue weighted by atomic mass is 15.2. The summed E-state index contributed by atoms with van der Waals surface area (Å²) >= 11 is 0. The van der Waals surface area contributed by atoms with E-state index in [2.05, 4.69) is 36.2 Å². The first-order valence-corrected chi connectivity index (χ1v) is 6.85. The zero-order valence-corrected chi connectivity index (χ0v) is 11.5. The highest BCUT2D eigenvalue weighted by Gasteiger charge is 2.22. The van der Waals surface area contributed by atoms with E-state index >= 15 is 0 Å². The minimum absolute atomic E-state index is 0.373. The smallest absolute Gasteiger partial charge is 0.183 e. The van der Waals surface area contributed by atoms with E-state index in [0.717, 1.165) is 31.7 Å². The van der Waals surface area contributed by atoms with Crippen LogP contribution in [0.2, 0.25) is 0 Å². The van der Waals surface area contributed by atoms with Crippen molar-refractivity contribution in [3.63, 3.8) is 0 Å². The lowest BCUT2D eigenvalue weighted by Crippen LogP contribution is -2.40. The summed E-state index contributed by atoms with van der Waals surface area (Å²) in [6.45, 7) is 1.69. The number of nitrogens with one attached hydrogen (secondary N) is 1.